The molecule has 0 aliphatic carbocycles. The van der Waals surface area contributed by atoms with Crippen LogP contribution >= 0.6 is 0 Å². The molecule has 1 unspecified atom stereocenters. The van der Waals surface area contributed by atoms with Gasteiger partial charge in [-0.05, 0) is 74.2 Å². The van der Waals surface area contributed by atoms with Gasteiger partial charge < -0.3 is 9.84 Å². The van der Waals surface area contributed by atoms with Crippen molar-refractivity contribution >= 4 is 32.5 Å². The number of hydrogen-bond donors (Lipinski definition) is 2. The van der Waals surface area contributed by atoms with Gasteiger partial charge in [0, 0.05) is 11.5 Å². The van der Waals surface area contributed by atoms with Crippen molar-refractivity contribution in [2.45, 2.75) is 71.3 Å². The van der Waals surface area contributed by atoms with Crippen molar-refractivity contribution in [3.8, 4) is 5.75 Å². The first-order valence-corrected chi connectivity index (χ1v) is 13.1. The quantitative estimate of drug-likeness (QED) is 0.331. The first-order valence-electron chi connectivity index (χ1n) is 11.6. The summed E-state index contributed by atoms with van der Waals surface area (Å²) in [6.45, 7) is 9.46. The van der Waals surface area contributed by atoms with E-state index < -0.39 is 22.1 Å². The molecule has 0 heterocycles. The SMILES string of the molecule is CCCCCC(Oc1cc(NS(=O)(=O)c2c(C)c(C)cc(C)c2C)c2ccccc2c1)C(=O)O. The number of carboxylic acids is 1. The molecule has 0 spiro atoms. The van der Waals surface area contributed by atoms with Crippen LogP contribution in [0.2, 0.25) is 0 Å². The molecule has 0 amide bonds. The molecule has 7 heteroatoms. The lowest BCUT2D eigenvalue weighted by Crippen LogP contribution is -2.27. The molecule has 0 aromatic heterocycles. The van der Waals surface area contributed by atoms with Crippen LogP contribution < -0.4 is 9.46 Å². The zero-order valence-corrected chi connectivity index (χ0v) is 21.3. The summed E-state index contributed by atoms with van der Waals surface area (Å²) >= 11 is 0. The molecule has 0 radical (unpaired) electrons. The number of ether oxygens (including phenoxy) is 1. The van der Waals surface area contributed by atoms with Gasteiger partial charge >= 0.3 is 5.97 Å². The van der Waals surface area contributed by atoms with Crippen LogP contribution in [0, 0.1) is 27.7 Å². The Kier molecular flexibility index (Phi) is 7.87. The topological polar surface area (TPSA) is 92.7 Å². The maximum absolute atomic E-state index is 13.6. The highest BCUT2D eigenvalue weighted by Gasteiger charge is 2.24. The Bertz CT molecular complexity index is 1290. The number of benzene rings is 3. The van der Waals surface area contributed by atoms with Crippen molar-refractivity contribution in [3.63, 3.8) is 0 Å². The molecule has 0 fully saturated rings. The normalized spacial score (nSPS) is 12.5. The van der Waals surface area contributed by atoms with Crippen LogP contribution in [0.5, 0.6) is 5.75 Å². The Morgan fingerprint density at radius 2 is 1.65 bits per heavy atom. The van der Waals surface area contributed by atoms with Crippen molar-refractivity contribution in [2.24, 2.45) is 0 Å². The molecule has 2 N–H and O–H groups in total. The van der Waals surface area contributed by atoms with Crippen LogP contribution in [0.4, 0.5) is 5.69 Å². The number of sulfonamides is 1. The summed E-state index contributed by atoms with van der Waals surface area (Å²) in [6, 6.07) is 12.7. The van der Waals surface area contributed by atoms with Crippen LogP contribution in [-0.4, -0.2) is 25.6 Å². The van der Waals surface area contributed by atoms with E-state index in [1.165, 1.54) is 0 Å². The van der Waals surface area contributed by atoms with Crippen LogP contribution in [0.25, 0.3) is 10.8 Å². The first kappa shape index (κ1) is 25.6. The van der Waals surface area contributed by atoms with Gasteiger partial charge in [0.25, 0.3) is 10.0 Å². The molecule has 3 aromatic rings. The molecule has 0 aliphatic heterocycles. The fourth-order valence-electron chi connectivity index (χ4n) is 4.19. The number of aryl methyl sites for hydroxylation is 2. The van der Waals surface area contributed by atoms with Crippen molar-refractivity contribution in [1.82, 2.24) is 0 Å². The summed E-state index contributed by atoms with van der Waals surface area (Å²) < 4.78 is 35.7. The van der Waals surface area contributed by atoms with E-state index in [4.69, 9.17) is 4.74 Å². The fourth-order valence-corrected chi connectivity index (χ4v) is 5.88. The largest absolute Gasteiger partial charge is 0.479 e. The summed E-state index contributed by atoms with van der Waals surface area (Å²) in [5.41, 5.74) is 3.57. The standard InChI is InChI=1S/C27H33NO5S/c1-6-7-8-13-25(27(29)30)33-22-15-21-11-9-10-12-23(21)24(16-22)28-34(31,32)26-19(4)17(2)14-18(3)20(26)5/h9-12,14-16,25,28H,6-8,13H2,1-5H3,(H,29,30). The van der Waals surface area contributed by atoms with E-state index in [1.54, 1.807) is 12.1 Å². The summed E-state index contributed by atoms with van der Waals surface area (Å²) in [5.74, 6) is -0.720. The second kappa shape index (κ2) is 10.5. The Hall–Kier alpha value is -3.06. The third kappa shape index (κ3) is 5.53. The molecular formula is C27H33NO5S. The van der Waals surface area contributed by atoms with E-state index in [1.807, 2.05) is 58.0 Å². The van der Waals surface area contributed by atoms with Crippen molar-refractivity contribution in [1.29, 1.82) is 0 Å². The lowest BCUT2D eigenvalue weighted by molar-refractivity contribution is -0.145. The average Bonchev–Trinajstić information content (AvgIpc) is 2.77. The Morgan fingerprint density at radius 3 is 2.26 bits per heavy atom. The van der Waals surface area contributed by atoms with Crippen LogP contribution in [0.3, 0.4) is 0 Å². The second-order valence-electron chi connectivity index (χ2n) is 8.83. The number of fused-ring (bicyclic) bond motifs is 1. The van der Waals surface area contributed by atoms with E-state index in [0.29, 0.717) is 34.4 Å². The highest BCUT2D eigenvalue weighted by molar-refractivity contribution is 7.92. The van der Waals surface area contributed by atoms with Gasteiger partial charge in [0.2, 0.25) is 0 Å². The number of nitrogens with one attached hydrogen (secondary N) is 1. The number of carbonyl (C=O) groups is 1. The van der Waals surface area contributed by atoms with E-state index in [9.17, 15) is 18.3 Å². The number of rotatable bonds is 10. The lowest BCUT2D eigenvalue weighted by Gasteiger charge is -2.19. The maximum atomic E-state index is 13.6. The van der Waals surface area contributed by atoms with Crippen LogP contribution in [-0.2, 0) is 14.8 Å². The molecule has 34 heavy (non-hydrogen) atoms. The van der Waals surface area contributed by atoms with E-state index in [0.717, 1.165) is 35.8 Å². The average molecular weight is 484 g/mol. The molecule has 0 aliphatic rings. The summed E-state index contributed by atoms with van der Waals surface area (Å²) in [7, 11) is -3.91. The molecule has 3 rings (SSSR count). The minimum Gasteiger partial charge on any atom is -0.479 e. The zero-order valence-electron chi connectivity index (χ0n) is 20.4. The zero-order chi connectivity index (χ0) is 25.0. The van der Waals surface area contributed by atoms with Gasteiger partial charge in [-0.2, -0.15) is 0 Å². The Labute approximate surface area is 202 Å². The number of unbranched alkanes of at least 4 members (excludes halogenated alkanes) is 2. The first-order chi connectivity index (χ1) is 16.0. The van der Waals surface area contributed by atoms with Crippen LogP contribution in [0.15, 0.2) is 47.4 Å². The van der Waals surface area contributed by atoms with Gasteiger partial charge in [-0.1, -0.05) is 50.1 Å². The highest BCUT2D eigenvalue weighted by Crippen LogP contribution is 2.34. The smallest absolute Gasteiger partial charge is 0.344 e. The summed E-state index contributed by atoms with van der Waals surface area (Å²) in [5, 5.41) is 11.1. The minimum absolute atomic E-state index is 0.267. The summed E-state index contributed by atoms with van der Waals surface area (Å²) in [6.07, 6.45) is 2.03. The fraction of sp³-hybridized carbons (Fsp3) is 0.370. The van der Waals surface area contributed by atoms with Gasteiger partial charge in [-0.3, -0.25) is 4.72 Å². The predicted molar refractivity (Wildman–Crippen MR) is 136 cm³/mol. The molecule has 3 aromatic carbocycles. The molecule has 1 atom stereocenters. The number of anilines is 1. The van der Waals surface area contributed by atoms with E-state index in [2.05, 4.69) is 11.6 Å². The van der Waals surface area contributed by atoms with E-state index >= 15 is 0 Å². The molecular weight excluding hydrogens is 450 g/mol. The summed E-state index contributed by atoms with van der Waals surface area (Å²) in [4.78, 5) is 12.0. The van der Waals surface area contributed by atoms with Gasteiger partial charge in [0.15, 0.2) is 6.10 Å². The van der Waals surface area contributed by atoms with Gasteiger partial charge in [0.1, 0.15) is 5.75 Å². The molecule has 6 nitrogen and oxygen atoms in total. The monoisotopic (exact) mass is 483 g/mol. The Balaban J connectivity index is 2.05. The third-order valence-electron chi connectivity index (χ3n) is 6.27. The molecule has 0 saturated heterocycles. The second-order valence-corrected chi connectivity index (χ2v) is 10.4. The lowest BCUT2D eigenvalue weighted by atomic mass is 10.0. The number of carboxylic acid groups (broad SMARTS) is 1. The number of aliphatic carboxylic acids is 1. The van der Waals surface area contributed by atoms with Gasteiger partial charge in [0.05, 0.1) is 10.6 Å². The highest BCUT2D eigenvalue weighted by atomic mass is 32.2. The molecule has 0 saturated carbocycles. The van der Waals surface area contributed by atoms with Gasteiger partial charge in [-0.25, -0.2) is 13.2 Å². The maximum Gasteiger partial charge on any atom is 0.344 e. The third-order valence-corrected chi connectivity index (χ3v) is 7.91. The molecule has 182 valence electrons. The molecule has 0 bridgehead atoms. The van der Waals surface area contributed by atoms with Crippen molar-refractivity contribution < 1.29 is 23.1 Å². The van der Waals surface area contributed by atoms with Gasteiger partial charge in [-0.15, -0.1) is 0 Å². The minimum atomic E-state index is -3.91. The van der Waals surface area contributed by atoms with Crippen LogP contribution in [0.1, 0.15) is 54.9 Å². The number of hydrogen-bond acceptors (Lipinski definition) is 4. The predicted octanol–water partition coefficient (Wildman–Crippen LogP) is 6.29. The van der Waals surface area contributed by atoms with Crippen molar-refractivity contribution in [3.05, 3.63) is 64.7 Å². The van der Waals surface area contributed by atoms with E-state index in [-0.39, 0.29) is 4.90 Å². The van der Waals surface area contributed by atoms with Crippen molar-refractivity contribution in [2.75, 3.05) is 4.72 Å². The Morgan fingerprint density at radius 1 is 1.00 bits per heavy atom.